The number of benzene rings is 1. The van der Waals surface area contributed by atoms with E-state index >= 15 is 0 Å². The molecule has 8 heteroatoms. The standard InChI is InChI=1S/C18H25BrN2O4S/c1-17(2,3)26(24)20-14-11-18(6-8-21(9-7-18)16(22)23)25-15-5-4-12(19)10-13(14)15/h4-5,10,14,20H,6-9,11H2,1-3H3,(H,22,23). The average Bonchev–Trinajstić information content (AvgIpc) is 2.55. The Balaban J connectivity index is 1.86. The molecule has 2 aliphatic rings. The van der Waals surface area contributed by atoms with Gasteiger partial charge in [0, 0.05) is 53.8 Å². The van der Waals surface area contributed by atoms with E-state index in [0.29, 0.717) is 32.4 Å². The van der Waals surface area contributed by atoms with Gasteiger partial charge in [0.1, 0.15) is 16.1 Å². The Morgan fingerprint density at radius 2 is 2.08 bits per heavy atom. The van der Waals surface area contributed by atoms with Gasteiger partial charge in [-0.25, -0.2) is 4.79 Å². The molecule has 2 N–H and O–H groups in total. The molecule has 2 unspecified atom stereocenters. The van der Waals surface area contributed by atoms with E-state index in [1.165, 1.54) is 4.90 Å². The number of hydrogen-bond donors (Lipinski definition) is 2. The van der Waals surface area contributed by atoms with Crippen LogP contribution in [0.15, 0.2) is 22.7 Å². The number of carbonyl (C=O) groups is 1. The van der Waals surface area contributed by atoms with Crippen LogP contribution in [0.2, 0.25) is 0 Å². The maximum Gasteiger partial charge on any atom is 0.407 e. The minimum atomic E-state index is -1.21. The van der Waals surface area contributed by atoms with Gasteiger partial charge < -0.3 is 19.3 Å². The van der Waals surface area contributed by atoms with Crippen molar-refractivity contribution >= 4 is 33.4 Å². The largest absolute Gasteiger partial charge is 0.598 e. The molecular weight excluding hydrogens is 420 g/mol. The summed E-state index contributed by atoms with van der Waals surface area (Å²) >= 11 is 2.29. The topological polar surface area (TPSA) is 84.9 Å². The van der Waals surface area contributed by atoms with Crippen molar-refractivity contribution in [3.8, 4) is 5.75 Å². The third-order valence-electron chi connectivity index (χ3n) is 5.00. The molecule has 26 heavy (non-hydrogen) atoms. The third kappa shape index (κ3) is 4.13. The molecule has 2 aliphatic heterocycles. The first-order valence-electron chi connectivity index (χ1n) is 8.74. The number of halogens is 1. The van der Waals surface area contributed by atoms with Crippen LogP contribution in [0, 0.1) is 0 Å². The van der Waals surface area contributed by atoms with E-state index in [2.05, 4.69) is 20.7 Å². The summed E-state index contributed by atoms with van der Waals surface area (Å²) in [4.78, 5) is 12.6. The number of piperidine rings is 1. The van der Waals surface area contributed by atoms with Crippen molar-refractivity contribution in [2.75, 3.05) is 13.1 Å². The molecule has 1 spiro atoms. The molecule has 0 aliphatic carbocycles. The van der Waals surface area contributed by atoms with Gasteiger partial charge in [-0.3, -0.25) is 0 Å². The van der Waals surface area contributed by atoms with Gasteiger partial charge >= 0.3 is 6.09 Å². The highest BCUT2D eigenvalue weighted by molar-refractivity contribution is 9.10. The Bertz CT molecular complexity index is 686. The first-order chi connectivity index (χ1) is 12.1. The fourth-order valence-electron chi connectivity index (χ4n) is 3.46. The second-order valence-corrected chi connectivity index (χ2v) is 10.9. The van der Waals surface area contributed by atoms with Gasteiger partial charge in [-0.2, -0.15) is 0 Å². The van der Waals surface area contributed by atoms with Crippen LogP contribution in [-0.4, -0.2) is 44.1 Å². The lowest BCUT2D eigenvalue weighted by Gasteiger charge is -2.46. The van der Waals surface area contributed by atoms with Gasteiger partial charge in [-0.1, -0.05) is 15.9 Å². The highest BCUT2D eigenvalue weighted by Crippen LogP contribution is 2.45. The highest BCUT2D eigenvalue weighted by atomic mass is 79.9. The minimum Gasteiger partial charge on any atom is -0.598 e. The van der Waals surface area contributed by atoms with Crippen molar-refractivity contribution in [2.45, 2.75) is 56.4 Å². The van der Waals surface area contributed by atoms with E-state index < -0.39 is 23.1 Å². The number of ether oxygens (including phenoxy) is 1. The van der Waals surface area contributed by atoms with Crippen LogP contribution >= 0.6 is 15.9 Å². The molecule has 0 bridgehead atoms. The van der Waals surface area contributed by atoms with Crippen molar-refractivity contribution < 1.29 is 19.2 Å². The number of fused-ring (bicyclic) bond motifs is 1. The molecule has 0 radical (unpaired) electrons. The SMILES string of the molecule is CC(C)(C)[S+]([O-])NC1CC2(CCN(C(=O)O)CC2)Oc2ccc(Br)cc21. The van der Waals surface area contributed by atoms with E-state index in [9.17, 15) is 14.5 Å². The first-order valence-corrected chi connectivity index (χ1v) is 10.7. The maximum atomic E-state index is 12.7. The summed E-state index contributed by atoms with van der Waals surface area (Å²) in [5.41, 5.74) is 0.565. The van der Waals surface area contributed by atoms with Gasteiger partial charge in [0.05, 0.1) is 6.04 Å². The minimum absolute atomic E-state index is 0.104. The molecular formula is C18H25BrN2O4S. The van der Waals surface area contributed by atoms with E-state index in [1.807, 2.05) is 39.0 Å². The van der Waals surface area contributed by atoms with Crippen LogP contribution in [0.3, 0.4) is 0 Å². The maximum absolute atomic E-state index is 12.7. The van der Waals surface area contributed by atoms with Gasteiger partial charge in [-0.15, -0.1) is 4.72 Å². The zero-order chi connectivity index (χ0) is 19.1. The molecule has 1 fully saturated rings. The average molecular weight is 445 g/mol. The number of carboxylic acid groups (broad SMARTS) is 1. The summed E-state index contributed by atoms with van der Waals surface area (Å²) < 4.78 is 22.9. The molecule has 144 valence electrons. The Morgan fingerprint density at radius 3 is 2.65 bits per heavy atom. The lowest BCUT2D eigenvalue weighted by molar-refractivity contribution is -0.0191. The first kappa shape index (κ1) is 19.8. The van der Waals surface area contributed by atoms with Crippen LogP contribution in [0.1, 0.15) is 51.6 Å². The van der Waals surface area contributed by atoms with Gasteiger partial charge in [-0.05, 0) is 39.0 Å². The second kappa shape index (κ2) is 7.22. The van der Waals surface area contributed by atoms with E-state index in [-0.39, 0.29) is 10.8 Å². The predicted octanol–water partition coefficient (Wildman–Crippen LogP) is 3.84. The Morgan fingerprint density at radius 1 is 1.42 bits per heavy atom. The second-order valence-electron chi connectivity index (χ2n) is 7.99. The molecule has 0 saturated carbocycles. The number of nitrogens with zero attached hydrogens (tertiary/aromatic N) is 1. The number of hydrogen-bond acceptors (Lipinski definition) is 4. The van der Waals surface area contributed by atoms with Crippen molar-refractivity contribution in [3.63, 3.8) is 0 Å². The fraction of sp³-hybridized carbons (Fsp3) is 0.611. The molecule has 1 aromatic rings. The van der Waals surface area contributed by atoms with E-state index in [0.717, 1.165) is 15.8 Å². The number of rotatable bonds is 2. The summed E-state index contributed by atoms with van der Waals surface area (Å²) in [5.74, 6) is 0.784. The summed E-state index contributed by atoms with van der Waals surface area (Å²) in [7, 11) is 0. The fourth-order valence-corrected chi connectivity index (χ4v) is 4.67. The summed E-state index contributed by atoms with van der Waals surface area (Å²) in [5, 5.41) is 9.20. The van der Waals surface area contributed by atoms with Gasteiger partial charge in [0.25, 0.3) is 0 Å². The van der Waals surface area contributed by atoms with Crippen LogP contribution in [0.5, 0.6) is 5.75 Å². The number of nitrogens with one attached hydrogen (secondary N) is 1. The van der Waals surface area contributed by atoms with E-state index in [4.69, 9.17) is 4.74 Å². The van der Waals surface area contributed by atoms with Crippen LogP contribution in [0.4, 0.5) is 4.79 Å². The molecule has 1 amide bonds. The lowest BCUT2D eigenvalue weighted by Crippen LogP contribution is -2.54. The highest BCUT2D eigenvalue weighted by Gasteiger charge is 2.46. The molecule has 1 saturated heterocycles. The lowest BCUT2D eigenvalue weighted by atomic mass is 9.81. The van der Waals surface area contributed by atoms with Crippen LogP contribution in [-0.2, 0) is 11.4 Å². The Kier molecular flexibility index (Phi) is 5.50. The van der Waals surface area contributed by atoms with Gasteiger partial charge in [0.2, 0.25) is 0 Å². The predicted molar refractivity (Wildman–Crippen MR) is 105 cm³/mol. The monoisotopic (exact) mass is 444 g/mol. The van der Waals surface area contributed by atoms with Crippen molar-refractivity contribution in [1.82, 2.24) is 9.62 Å². The normalized spacial score (nSPS) is 23.3. The molecule has 6 nitrogen and oxygen atoms in total. The molecule has 0 aromatic heterocycles. The number of likely N-dealkylation sites (tertiary alicyclic amines) is 1. The summed E-state index contributed by atoms with van der Waals surface area (Å²) in [6.45, 7) is 6.74. The van der Waals surface area contributed by atoms with Crippen molar-refractivity contribution in [2.24, 2.45) is 0 Å². The quantitative estimate of drug-likeness (QED) is 0.676. The molecule has 1 aromatic carbocycles. The molecule has 2 atom stereocenters. The van der Waals surface area contributed by atoms with Crippen molar-refractivity contribution in [3.05, 3.63) is 28.2 Å². The molecule has 3 rings (SSSR count). The molecule has 2 heterocycles. The number of amides is 1. The smallest absolute Gasteiger partial charge is 0.407 e. The summed E-state index contributed by atoms with van der Waals surface area (Å²) in [6.07, 6.45) is 1.05. The zero-order valence-corrected chi connectivity index (χ0v) is 17.7. The Hall–Kier alpha value is -0.960. The van der Waals surface area contributed by atoms with Gasteiger partial charge in [0.15, 0.2) is 0 Å². The Labute approximate surface area is 165 Å². The van der Waals surface area contributed by atoms with Crippen LogP contribution in [0.25, 0.3) is 0 Å². The van der Waals surface area contributed by atoms with Crippen LogP contribution < -0.4 is 9.46 Å². The van der Waals surface area contributed by atoms with Crippen molar-refractivity contribution in [1.29, 1.82) is 0 Å². The zero-order valence-electron chi connectivity index (χ0n) is 15.3. The third-order valence-corrected chi connectivity index (χ3v) is 7.10. The van der Waals surface area contributed by atoms with E-state index in [1.54, 1.807) is 0 Å². The summed E-state index contributed by atoms with van der Waals surface area (Å²) in [6, 6.07) is 5.76.